The number of nitrogens with one attached hydrogen (secondary N) is 1. The maximum atomic E-state index is 13.1. The van der Waals surface area contributed by atoms with Gasteiger partial charge in [-0.2, -0.15) is 0 Å². The lowest BCUT2D eigenvalue weighted by molar-refractivity contribution is -0.155. The van der Waals surface area contributed by atoms with E-state index in [1.807, 2.05) is 4.90 Å². The summed E-state index contributed by atoms with van der Waals surface area (Å²) in [5.74, 6) is 2.13. The van der Waals surface area contributed by atoms with E-state index < -0.39 is 0 Å². The summed E-state index contributed by atoms with van der Waals surface area (Å²) < 4.78 is 0. The van der Waals surface area contributed by atoms with Crippen molar-refractivity contribution in [3.05, 3.63) is 0 Å². The Kier molecular flexibility index (Phi) is 6.18. The highest BCUT2D eigenvalue weighted by Gasteiger charge is 2.49. The molecule has 5 atom stereocenters. The SMILES string of the molecule is CC(=O)N1C2CCC(C3CNN(CCN4CCCC4=O)C3)CC2N(C(=O)C2CC2)C[C@@H]1C. The molecular formula is C24H39N5O3. The van der Waals surface area contributed by atoms with Crippen molar-refractivity contribution < 1.29 is 14.4 Å². The number of amides is 3. The number of fused-ring (bicyclic) bond motifs is 1. The normalized spacial score (nSPS) is 36.0. The lowest BCUT2D eigenvalue weighted by Crippen LogP contribution is -2.67. The van der Waals surface area contributed by atoms with Crippen LogP contribution in [-0.4, -0.2) is 94.8 Å². The number of hydrogen-bond acceptors (Lipinski definition) is 5. The minimum atomic E-state index is 0.102. The van der Waals surface area contributed by atoms with Crippen LogP contribution in [0, 0.1) is 17.8 Å². The van der Waals surface area contributed by atoms with E-state index in [0.29, 0.717) is 36.6 Å². The average molecular weight is 446 g/mol. The molecule has 3 heterocycles. The van der Waals surface area contributed by atoms with Crippen LogP contribution in [0.5, 0.6) is 0 Å². The summed E-state index contributed by atoms with van der Waals surface area (Å²) in [4.78, 5) is 43.7. The molecule has 3 saturated heterocycles. The van der Waals surface area contributed by atoms with Crippen molar-refractivity contribution in [1.29, 1.82) is 0 Å². The fourth-order valence-electron chi connectivity index (χ4n) is 6.77. The second-order valence-corrected chi connectivity index (χ2v) is 10.8. The van der Waals surface area contributed by atoms with Crippen molar-refractivity contribution in [1.82, 2.24) is 25.1 Å². The summed E-state index contributed by atoms with van der Waals surface area (Å²) >= 11 is 0. The van der Waals surface area contributed by atoms with Crippen LogP contribution in [0.4, 0.5) is 0 Å². The molecule has 5 aliphatic rings. The Balaban J connectivity index is 1.22. The molecule has 3 aliphatic heterocycles. The van der Waals surface area contributed by atoms with Gasteiger partial charge in [-0.1, -0.05) is 0 Å². The van der Waals surface area contributed by atoms with E-state index in [1.165, 1.54) is 0 Å². The molecule has 0 aromatic carbocycles. The van der Waals surface area contributed by atoms with Crippen molar-refractivity contribution in [2.45, 2.75) is 76.9 Å². The molecule has 2 saturated carbocycles. The first-order chi connectivity index (χ1) is 15.4. The molecule has 3 amide bonds. The second-order valence-electron chi connectivity index (χ2n) is 10.8. The van der Waals surface area contributed by atoms with Crippen molar-refractivity contribution in [3.63, 3.8) is 0 Å². The fourth-order valence-corrected chi connectivity index (χ4v) is 6.77. The minimum Gasteiger partial charge on any atom is -0.341 e. The molecule has 5 fully saturated rings. The number of likely N-dealkylation sites (tertiary alicyclic amines) is 1. The standard InChI is InChI=1S/C24H39N5O3/c1-16-14-28(24(32)18-5-6-18)22-12-19(7-8-21(22)29(16)17(2)30)20-13-25-27(15-20)11-10-26-9-3-4-23(26)31/h16,18-22,25H,3-15H2,1-2H3/t16-,19?,20?,21?,22?/m0/s1. The van der Waals surface area contributed by atoms with Crippen molar-refractivity contribution in [2.24, 2.45) is 17.8 Å². The van der Waals surface area contributed by atoms with E-state index in [2.05, 4.69) is 27.2 Å². The summed E-state index contributed by atoms with van der Waals surface area (Å²) in [6, 6.07) is 0.435. The Bertz CT molecular complexity index is 756. The van der Waals surface area contributed by atoms with E-state index in [-0.39, 0.29) is 30.0 Å². The van der Waals surface area contributed by atoms with Crippen LogP contribution in [0.15, 0.2) is 0 Å². The van der Waals surface area contributed by atoms with E-state index in [9.17, 15) is 14.4 Å². The van der Waals surface area contributed by atoms with Gasteiger partial charge in [0.05, 0.1) is 12.1 Å². The molecule has 4 unspecified atom stereocenters. The zero-order valence-corrected chi connectivity index (χ0v) is 19.7. The van der Waals surface area contributed by atoms with Crippen molar-refractivity contribution >= 4 is 17.7 Å². The molecule has 178 valence electrons. The van der Waals surface area contributed by atoms with Crippen molar-refractivity contribution in [2.75, 3.05) is 39.3 Å². The Morgan fingerprint density at radius 2 is 1.84 bits per heavy atom. The maximum Gasteiger partial charge on any atom is 0.226 e. The first kappa shape index (κ1) is 22.1. The Labute approximate surface area is 191 Å². The number of hydrazine groups is 1. The van der Waals surface area contributed by atoms with Crippen LogP contribution in [0.2, 0.25) is 0 Å². The largest absolute Gasteiger partial charge is 0.341 e. The number of carbonyl (C=O) groups is 3. The smallest absolute Gasteiger partial charge is 0.226 e. The number of carbonyl (C=O) groups excluding carboxylic acids is 3. The highest BCUT2D eigenvalue weighted by Crippen LogP contribution is 2.42. The third kappa shape index (κ3) is 4.28. The van der Waals surface area contributed by atoms with Gasteiger partial charge in [-0.3, -0.25) is 19.8 Å². The second kappa shape index (κ2) is 8.93. The third-order valence-electron chi connectivity index (χ3n) is 8.60. The molecule has 8 heteroatoms. The zero-order valence-electron chi connectivity index (χ0n) is 19.7. The van der Waals surface area contributed by atoms with Gasteiger partial charge in [-0.25, -0.2) is 5.01 Å². The molecule has 0 radical (unpaired) electrons. The van der Waals surface area contributed by atoms with Gasteiger partial charge in [0.25, 0.3) is 0 Å². The zero-order chi connectivity index (χ0) is 22.4. The Hall–Kier alpha value is -1.67. The van der Waals surface area contributed by atoms with Gasteiger partial charge in [0.15, 0.2) is 0 Å². The van der Waals surface area contributed by atoms with Gasteiger partial charge >= 0.3 is 0 Å². The summed E-state index contributed by atoms with van der Waals surface area (Å²) in [6.45, 7) is 9.03. The first-order valence-electron chi connectivity index (χ1n) is 12.8. The van der Waals surface area contributed by atoms with Crippen LogP contribution >= 0.6 is 0 Å². The van der Waals surface area contributed by atoms with E-state index in [1.54, 1.807) is 6.92 Å². The topological polar surface area (TPSA) is 76.2 Å². The van der Waals surface area contributed by atoms with Gasteiger partial charge in [0, 0.05) is 64.6 Å². The lowest BCUT2D eigenvalue weighted by Gasteiger charge is -2.54. The summed E-state index contributed by atoms with van der Waals surface area (Å²) in [5, 5.41) is 2.29. The molecule has 0 bridgehead atoms. The highest BCUT2D eigenvalue weighted by atomic mass is 16.2. The molecule has 2 aliphatic carbocycles. The van der Waals surface area contributed by atoms with Gasteiger partial charge < -0.3 is 14.7 Å². The van der Waals surface area contributed by atoms with Gasteiger partial charge in [0.2, 0.25) is 17.7 Å². The summed E-state index contributed by atoms with van der Waals surface area (Å²) in [6.07, 6.45) is 6.87. The Morgan fingerprint density at radius 1 is 1.03 bits per heavy atom. The molecule has 0 spiro atoms. The Morgan fingerprint density at radius 3 is 2.53 bits per heavy atom. The quantitative estimate of drug-likeness (QED) is 0.685. The fraction of sp³-hybridized carbons (Fsp3) is 0.875. The van der Waals surface area contributed by atoms with Crippen molar-refractivity contribution in [3.8, 4) is 0 Å². The highest BCUT2D eigenvalue weighted by molar-refractivity contribution is 5.82. The predicted octanol–water partition coefficient (Wildman–Crippen LogP) is 1.07. The monoisotopic (exact) mass is 445 g/mol. The molecule has 0 aromatic heterocycles. The predicted molar refractivity (Wildman–Crippen MR) is 120 cm³/mol. The van der Waals surface area contributed by atoms with Crippen LogP contribution < -0.4 is 5.43 Å². The van der Waals surface area contributed by atoms with Gasteiger partial charge in [-0.05, 0) is 57.3 Å². The summed E-state index contributed by atoms with van der Waals surface area (Å²) in [7, 11) is 0. The van der Waals surface area contributed by atoms with Gasteiger partial charge in [-0.15, -0.1) is 0 Å². The van der Waals surface area contributed by atoms with Crippen LogP contribution in [0.3, 0.4) is 0 Å². The molecular weight excluding hydrogens is 406 g/mol. The number of hydrogen-bond donors (Lipinski definition) is 1. The van der Waals surface area contributed by atoms with Gasteiger partial charge in [0.1, 0.15) is 0 Å². The third-order valence-corrected chi connectivity index (χ3v) is 8.60. The van der Waals surface area contributed by atoms with Crippen LogP contribution in [0.1, 0.15) is 58.8 Å². The maximum absolute atomic E-state index is 13.1. The van der Waals surface area contributed by atoms with E-state index in [4.69, 9.17) is 0 Å². The lowest BCUT2D eigenvalue weighted by atomic mass is 9.73. The average Bonchev–Trinajstić information content (AvgIpc) is 3.38. The summed E-state index contributed by atoms with van der Waals surface area (Å²) in [5.41, 5.74) is 3.56. The van der Waals surface area contributed by atoms with E-state index >= 15 is 0 Å². The molecule has 5 rings (SSSR count). The molecule has 0 aromatic rings. The van der Waals surface area contributed by atoms with E-state index in [0.717, 1.165) is 71.2 Å². The molecule has 32 heavy (non-hydrogen) atoms. The number of rotatable bonds is 5. The molecule has 8 nitrogen and oxygen atoms in total. The number of nitrogens with zero attached hydrogens (tertiary/aromatic N) is 4. The molecule has 1 N–H and O–H groups in total. The minimum absolute atomic E-state index is 0.102. The number of piperazine rings is 1. The van der Waals surface area contributed by atoms with Crippen LogP contribution in [-0.2, 0) is 14.4 Å². The first-order valence-corrected chi connectivity index (χ1v) is 12.8. The van der Waals surface area contributed by atoms with Crippen LogP contribution in [0.25, 0.3) is 0 Å².